The van der Waals surface area contributed by atoms with Crippen molar-refractivity contribution in [3.05, 3.63) is 29.6 Å². The summed E-state index contributed by atoms with van der Waals surface area (Å²) in [7, 11) is 0. The van der Waals surface area contributed by atoms with Crippen LogP contribution < -0.4 is 5.73 Å². The number of amides is 1. The van der Waals surface area contributed by atoms with Gasteiger partial charge in [0.15, 0.2) is 0 Å². The van der Waals surface area contributed by atoms with Crippen molar-refractivity contribution < 1.29 is 9.18 Å². The minimum Gasteiger partial charge on any atom is -0.399 e. The highest BCUT2D eigenvalue weighted by atomic mass is 19.1. The molecule has 0 aromatic heterocycles. The van der Waals surface area contributed by atoms with Crippen molar-refractivity contribution in [2.45, 2.75) is 45.6 Å². The molecule has 0 heterocycles. The third-order valence-electron chi connectivity index (χ3n) is 3.81. The predicted molar refractivity (Wildman–Crippen MR) is 78.9 cm³/mol. The smallest absolute Gasteiger partial charge is 0.257 e. The lowest BCUT2D eigenvalue weighted by molar-refractivity contribution is 0.0651. The highest BCUT2D eigenvalue weighted by molar-refractivity contribution is 5.95. The van der Waals surface area contributed by atoms with Crippen molar-refractivity contribution in [3.8, 4) is 0 Å². The van der Waals surface area contributed by atoms with Crippen LogP contribution >= 0.6 is 0 Å². The molecule has 0 bridgehead atoms. The number of nitrogens with two attached hydrogens (primary N) is 1. The summed E-state index contributed by atoms with van der Waals surface area (Å²) in [6, 6.07) is 4.55. The van der Waals surface area contributed by atoms with Crippen LogP contribution in [0.3, 0.4) is 0 Å². The quantitative estimate of drug-likeness (QED) is 0.857. The standard InChI is InChI=1S/C16H23FN2O/c1-11(2)10-19(13-5-3-4-6-13)16(20)14-8-7-12(18)9-15(14)17/h7-9,11,13H,3-6,10,18H2,1-2H3. The maximum absolute atomic E-state index is 14.0. The van der Waals surface area contributed by atoms with E-state index in [1.165, 1.54) is 12.1 Å². The first-order valence-corrected chi connectivity index (χ1v) is 7.35. The number of anilines is 1. The number of carbonyl (C=O) groups excluding carboxylic acids is 1. The Bertz CT molecular complexity index is 481. The number of nitrogen functional groups attached to an aromatic ring is 1. The van der Waals surface area contributed by atoms with Gasteiger partial charge in [-0.1, -0.05) is 26.7 Å². The molecule has 0 unspecified atom stereocenters. The Morgan fingerprint density at radius 1 is 1.40 bits per heavy atom. The zero-order chi connectivity index (χ0) is 14.7. The number of rotatable bonds is 4. The summed E-state index contributed by atoms with van der Waals surface area (Å²) in [5.41, 5.74) is 6.02. The van der Waals surface area contributed by atoms with E-state index in [9.17, 15) is 9.18 Å². The maximum atomic E-state index is 14.0. The maximum Gasteiger partial charge on any atom is 0.257 e. The Kier molecular flexibility index (Phi) is 4.63. The molecule has 4 heteroatoms. The van der Waals surface area contributed by atoms with Crippen molar-refractivity contribution in [2.75, 3.05) is 12.3 Å². The Morgan fingerprint density at radius 2 is 2.05 bits per heavy atom. The Morgan fingerprint density at radius 3 is 2.60 bits per heavy atom. The van der Waals surface area contributed by atoms with Crippen LogP contribution in [0.15, 0.2) is 18.2 Å². The van der Waals surface area contributed by atoms with Gasteiger partial charge in [0.25, 0.3) is 5.91 Å². The van der Waals surface area contributed by atoms with Crippen LogP contribution in [0.25, 0.3) is 0 Å². The van der Waals surface area contributed by atoms with E-state index in [0.717, 1.165) is 25.7 Å². The van der Waals surface area contributed by atoms with Gasteiger partial charge in [-0.3, -0.25) is 4.79 Å². The summed E-state index contributed by atoms with van der Waals surface area (Å²) in [5, 5.41) is 0. The van der Waals surface area contributed by atoms with Crippen molar-refractivity contribution in [3.63, 3.8) is 0 Å². The topological polar surface area (TPSA) is 46.3 Å². The van der Waals surface area contributed by atoms with E-state index in [1.807, 2.05) is 4.90 Å². The molecule has 1 amide bonds. The number of carbonyl (C=O) groups is 1. The molecule has 2 N–H and O–H groups in total. The van der Waals surface area contributed by atoms with Crippen LogP contribution in [-0.2, 0) is 0 Å². The van der Waals surface area contributed by atoms with Crippen molar-refractivity contribution >= 4 is 11.6 Å². The average Bonchev–Trinajstić information content (AvgIpc) is 2.88. The largest absolute Gasteiger partial charge is 0.399 e. The van der Waals surface area contributed by atoms with E-state index < -0.39 is 5.82 Å². The fourth-order valence-corrected chi connectivity index (χ4v) is 2.87. The first kappa shape index (κ1) is 14.8. The molecule has 1 aromatic carbocycles. The molecule has 0 atom stereocenters. The Labute approximate surface area is 120 Å². The van der Waals surface area contributed by atoms with Crippen molar-refractivity contribution in [1.29, 1.82) is 0 Å². The van der Waals surface area contributed by atoms with E-state index >= 15 is 0 Å². The molecule has 110 valence electrons. The minimum atomic E-state index is -0.526. The van der Waals surface area contributed by atoms with Gasteiger partial charge in [-0.05, 0) is 37.0 Å². The lowest BCUT2D eigenvalue weighted by Gasteiger charge is -2.31. The molecule has 1 aliphatic rings. The molecular weight excluding hydrogens is 255 g/mol. The molecule has 0 radical (unpaired) electrons. The van der Waals surface area contributed by atoms with Crippen LogP contribution in [0.2, 0.25) is 0 Å². The van der Waals surface area contributed by atoms with Gasteiger partial charge < -0.3 is 10.6 Å². The number of hydrogen-bond donors (Lipinski definition) is 1. The van der Waals surface area contributed by atoms with Gasteiger partial charge in [0, 0.05) is 18.3 Å². The first-order valence-electron chi connectivity index (χ1n) is 7.35. The zero-order valence-corrected chi connectivity index (χ0v) is 12.2. The van der Waals surface area contributed by atoms with Crippen LogP contribution in [0.4, 0.5) is 10.1 Å². The van der Waals surface area contributed by atoms with Crippen molar-refractivity contribution in [2.24, 2.45) is 5.92 Å². The monoisotopic (exact) mass is 278 g/mol. The number of benzene rings is 1. The molecule has 1 fully saturated rings. The zero-order valence-electron chi connectivity index (χ0n) is 12.2. The molecule has 1 aliphatic carbocycles. The van der Waals surface area contributed by atoms with E-state index in [-0.39, 0.29) is 17.5 Å². The summed E-state index contributed by atoms with van der Waals surface area (Å²) in [6.45, 7) is 4.83. The fourth-order valence-electron chi connectivity index (χ4n) is 2.87. The van der Waals surface area contributed by atoms with Gasteiger partial charge in [0.1, 0.15) is 5.82 Å². The highest BCUT2D eigenvalue weighted by Crippen LogP contribution is 2.26. The second-order valence-electron chi connectivity index (χ2n) is 6.03. The van der Waals surface area contributed by atoms with Crippen LogP contribution in [0.1, 0.15) is 49.9 Å². The predicted octanol–water partition coefficient (Wildman–Crippen LogP) is 3.45. The van der Waals surface area contributed by atoms with Crippen LogP contribution in [0.5, 0.6) is 0 Å². The normalized spacial score (nSPS) is 15.8. The first-order chi connectivity index (χ1) is 9.49. The number of halogens is 1. The van der Waals surface area contributed by atoms with Gasteiger partial charge in [-0.25, -0.2) is 4.39 Å². The van der Waals surface area contributed by atoms with Gasteiger partial charge >= 0.3 is 0 Å². The molecule has 1 aromatic rings. The van der Waals surface area contributed by atoms with Crippen LogP contribution in [-0.4, -0.2) is 23.4 Å². The Hall–Kier alpha value is -1.58. The highest BCUT2D eigenvalue weighted by Gasteiger charge is 2.29. The lowest BCUT2D eigenvalue weighted by Crippen LogP contribution is -2.41. The minimum absolute atomic E-state index is 0.131. The molecule has 0 saturated heterocycles. The van der Waals surface area contributed by atoms with E-state index in [1.54, 1.807) is 6.07 Å². The van der Waals surface area contributed by atoms with Gasteiger partial charge in [0.05, 0.1) is 5.56 Å². The molecule has 1 saturated carbocycles. The Balaban J connectivity index is 2.24. The van der Waals surface area contributed by atoms with E-state index in [2.05, 4.69) is 13.8 Å². The molecule has 3 nitrogen and oxygen atoms in total. The molecular formula is C16H23FN2O. The molecule has 20 heavy (non-hydrogen) atoms. The summed E-state index contributed by atoms with van der Waals surface area (Å²) < 4.78 is 14.0. The fraction of sp³-hybridized carbons (Fsp3) is 0.562. The van der Waals surface area contributed by atoms with Gasteiger partial charge in [0.2, 0.25) is 0 Å². The van der Waals surface area contributed by atoms with Crippen LogP contribution in [0, 0.1) is 11.7 Å². The SMILES string of the molecule is CC(C)CN(C(=O)c1ccc(N)cc1F)C1CCCC1. The third kappa shape index (κ3) is 3.30. The van der Waals surface area contributed by atoms with Crippen molar-refractivity contribution in [1.82, 2.24) is 4.90 Å². The van der Waals surface area contributed by atoms with Gasteiger partial charge in [-0.15, -0.1) is 0 Å². The van der Waals surface area contributed by atoms with E-state index in [4.69, 9.17) is 5.73 Å². The molecule has 2 rings (SSSR count). The molecule has 0 spiro atoms. The lowest BCUT2D eigenvalue weighted by atomic mass is 10.1. The summed E-state index contributed by atoms with van der Waals surface area (Å²) in [4.78, 5) is 14.5. The number of hydrogen-bond acceptors (Lipinski definition) is 2. The summed E-state index contributed by atoms with van der Waals surface area (Å²) >= 11 is 0. The van der Waals surface area contributed by atoms with E-state index in [0.29, 0.717) is 18.2 Å². The third-order valence-corrected chi connectivity index (χ3v) is 3.81. The van der Waals surface area contributed by atoms with Gasteiger partial charge in [-0.2, -0.15) is 0 Å². The second-order valence-corrected chi connectivity index (χ2v) is 6.03. The second kappa shape index (κ2) is 6.25. The average molecular weight is 278 g/mol. The number of nitrogens with zero attached hydrogens (tertiary/aromatic N) is 1. The summed E-state index contributed by atoms with van der Waals surface area (Å²) in [6.07, 6.45) is 4.34. The molecule has 0 aliphatic heterocycles. The summed E-state index contributed by atoms with van der Waals surface area (Å²) in [5.74, 6) is -0.360.